The van der Waals surface area contributed by atoms with Crippen molar-refractivity contribution in [2.24, 2.45) is 0 Å². The van der Waals surface area contributed by atoms with Crippen molar-refractivity contribution in [1.82, 2.24) is 0 Å². The third-order valence-electron chi connectivity index (χ3n) is 2.49. The number of rotatable bonds is 10. The van der Waals surface area contributed by atoms with Gasteiger partial charge in [-0.15, -0.1) is 0 Å². The van der Waals surface area contributed by atoms with Gasteiger partial charge < -0.3 is 5.11 Å². The van der Waals surface area contributed by atoms with Gasteiger partial charge in [0.1, 0.15) is 0 Å². The van der Waals surface area contributed by atoms with Crippen LogP contribution >= 0.6 is 0 Å². The van der Waals surface area contributed by atoms with E-state index in [1.807, 2.05) is 0 Å². The van der Waals surface area contributed by atoms with Gasteiger partial charge in [-0.1, -0.05) is 58.3 Å². The first-order valence-corrected chi connectivity index (χ1v) is 5.99. The molecule has 0 bridgehead atoms. The van der Waals surface area contributed by atoms with Crippen molar-refractivity contribution in [3.8, 4) is 0 Å². The smallest absolute Gasteiger partial charge is 0.303 e. The predicted molar refractivity (Wildman–Crippen MR) is 59.5 cm³/mol. The Kier molecular flexibility index (Phi) is 10.2. The summed E-state index contributed by atoms with van der Waals surface area (Å²) in [7, 11) is 0. The van der Waals surface area contributed by atoms with E-state index in [1.54, 1.807) is 0 Å². The van der Waals surface area contributed by atoms with Crippen LogP contribution in [0.1, 0.15) is 71.1 Å². The number of unbranched alkanes of at least 4 members (excludes halogenated alkanes) is 8. The summed E-state index contributed by atoms with van der Waals surface area (Å²) in [5.41, 5.74) is 0. The molecule has 0 aliphatic heterocycles. The van der Waals surface area contributed by atoms with E-state index < -0.39 is 5.97 Å². The number of aliphatic carboxylic acids is 1. The fraction of sp³-hybridized carbons (Fsp3) is 0.917. The molecule has 0 saturated carbocycles. The van der Waals surface area contributed by atoms with Crippen LogP contribution in [-0.4, -0.2) is 11.1 Å². The Morgan fingerprint density at radius 2 is 1.29 bits per heavy atom. The van der Waals surface area contributed by atoms with Gasteiger partial charge >= 0.3 is 5.97 Å². The fourth-order valence-corrected chi connectivity index (χ4v) is 1.59. The molecule has 0 aromatic carbocycles. The van der Waals surface area contributed by atoms with Crippen LogP contribution in [0.5, 0.6) is 0 Å². The molecule has 0 heterocycles. The van der Waals surface area contributed by atoms with Crippen LogP contribution in [0.3, 0.4) is 0 Å². The number of hydrogen-bond acceptors (Lipinski definition) is 1. The largest absolute Gasteiger partial charge is 0.481 e. The monoisotopic (exact) mass is 199 g/mol. The van der Waals surface area contributed by atoms with Crippen molar-refractivity contribution < 1.29 is 9.90 Å². The van der Waals surface area contributed by atoms with Crippen molar-refractivity contribution in [2.75, 3.05) is 0 Å². The number of carbonyl (C=O) groups is 1. The van der Waals surface area contributed by atoms with Crippen LogP contribution in [0.15, 0.2) is 0 Å². The van der Waals surface area contributed by atoms with Crippen LogP contribution in [0.4, 0.5) is 0 Å². The first kappa shape index (κ1) is 13.5. The second-order valence-corrected chi connectivity index (χ2v) is 3.97. The zero-order valence-corrected chi connectivity index (χ0v) is 9.43. The average Bonchev–Trinajstić information content (AvgIpc) is 2.15. The van der Waals surface area contributed by atoms with Crippen molar-refractivity contribution in [3.05, 3.63) is 0 Å². The van der Waals surface area contributed by atoms with Gasteiger partial charge in [0, 0.05) is 6.42 Å². The van der Waals surface area contributed by atoms with E-state index in [2.05, 4.69) is 6.92 Å². The molecular weight excluding hydrogens is 175 g/mol. The van der Waals surface area contributed by atoms with Crippen molar-refractivity contribution in [2.45, 2.75) is 71.1 Å². The predicted octanol–water partition coefficient (Wildman–Crippen LogP) is 3.99. The molecule has 0 amide bonds. The standard InChI is InChI=1S/C12H24O2/c1-2-3-4-5-6-7-8-9-10-11-12(13)14/h2-11H2,1H3,(H,13,14)/i1-1. The number of hydrogen-bond donors (Lipinski definition) is 1. The van der Waals surface area contributed by atoms with Gasteiger partial charge in [0.2, 0.25) is 0 Å². The lowest BCUT2D eigenvalue weighted by molar-refractivity contribution is -0.137. The summed E-state index contributed by atoms with van der Waals surface area (Å²) in [6, 6.07) is 0. The maximum absolute atomic E-state index is 10.2. The Morgan fingerprint density at radius 3 is 1.71 bits per heavy atom. The van der Waals surface area contributed by atoms with E-state index in [0.29, 0.717) is 6.42 Å². The highest BCUT2D eigenvalue weighted by molar-refractivity contribution is 5.66. The zero-order chi connectivity index (χ0) is 10.6. The molecule has 0 radical (unpaired) electrons. The quantitative estimate of drug-likeness (QED) is 0.540. The highest BCUT2D eigenvalue weighted by Crippen LogP contribution is 2.10. The van der Waals surface area contributed by atoms with Crippen LogP contribution in [0, 0.1) is 0 Å². The topological polar surface area (TPSA) is 37.3 Å². The fourth-order valence-electron chi connectivity index (χ4n) is 1.59. The number of carboxylic acid groups (broad SMARTS) is 1. The van der Waals surface area contributed by atoms with Crippen LogP contribution in [-0.2, 0) is 4.79 Å². The minimum Gasteiger partial charge on any atom is -0.481 e. The lowest BCUT2D eigenvalue weighted by Crippen LogP contribution is -1.93. The molecule has 2 nitrogen and oxygen atoms in total. The molecule has 2 heteroatoms. The Morgan fingerprint density at radius 1 is 0.857 bits per heavy atom. The zero-order valence-electron chi connectivity index (χ0n) is 9.43. The molecule has 0 aromatic rings. The second kappa shape index (κ2) is 10.6. The van der Waals surface area contributed by atoms with Crippen molar-refractivity contribution in [3.63, 3.8) is 0 Å². The average molecular weight is 199 g/mol. The van der Waals surface area contributed by atoms with E-state index in [4.69, 9.17) is 5.11 Å². The van der Waals surface area contributed by atoms with Crippen LogP contribution in [0.25, 0.3) is 0 Å². The molecular formula is C12H24O2. The minimum absolute atomic E-state index is 0.343. The Labute approximate surface area is 87.7 Å². The molecule has 0 aliphatic rings. The highest BCUT2D eigenvalue weighted by Gasteiger charge is 1.96. The Bertz CT molecular complexity index is 132. The summed E-state index contributed by atoms with van der Waals surface area (Å²) >= 11 is 0. The maximum Gasteiger partial charge on any atom is 0.303 e. The Hall–Kier alpha value is -0.530. The molecule has 14 heavy (non-hydrogen) atoms. The van der Waals surface area contributed by atoms with Gasteiger partial charge in [-0.2, -0.15) is 0 Å². The minimum atomic E-state index is -0.659. The van der Waals surface area contributed by atoms with Crippen molar-refractivity contribution >= 4 is 5.97 Å². The SMILES string of the molecule is [11CH3]CCCCCCCCCCC(=O)O. The lowest BCUT2D eigenvalue weighted by Gasteiger charge is -2.00. The Balaban J connectivity index is 2.88. The highest BCUT2D eigenvalue weighted by atomic mass is 16.4. The van der Waals surface area contributed by atoms with E-state index in [1.165, 1.54) is 44.9 Å². The van der Waals surface area contributed by atoms with E-state index in [9.17, 15) is 4.79 Å². The summed E-state index contributed by atoms with van der Waals surface area (Å²) in [6.45, 7) is 2.23. The van der Waals surface area contributed by atoms with Gasteiger partial charge in [0.25, 0.3) is 0 Å². The molecule has 1 N–H and O–H groups in total. The molecule has 0 aromatic heterocycles. The van der Waals surface area contributed by atoms with Crippen molar-refractivity contribution in [1.29, 1.82) is 0 Å². The molecule has 0 fully saturated rings. The molecule has 0 atom stereocenters. The molecule has 0 rings (SSSR count). The van der Waals surface area contributed by atoms with E-state index >= 15 is 0 Å². The normalized spacial score (nSPS) is 10.4. The van der Waals surface area contributed by atoms with Gasteiger partial charge in [0.05, 0.1) is 0 Å². The first-order chi connectivity index (χ1) is 6.77. The molecule has 84 valence electrons. The first-order valence-electron chi connectivity index (χ1n) is 5.99. The van der Waals surface area contributed by atoms with Gasteiger partial charge in [0.15, 0.2) is 0 Å². The van der Waals surface area contributed by atoms with Crippen LogP contribution < -0.4 is 0 Å². The summed E-state index contributed by atoms with van der Waals surface area (Å²) in [6.07, 6.45) is 11.5. The summed E-state index contributed by atoms with van der Waals surface area (Å²) in [4.78, 5) is 10.2. The number of carboxylic acids is 1. The summed E-state index contributed by atoms with van der Waals surface area (Å²) in [5, 5.41) is 8.41. The third-order valence-corrected chi connectivity index (χ3v) is 2.49. The van der Waals surface area contributed by atoms with Gasteiger partial charge in [-0.3, -0.25) is 4.79 Å². The lowest BCUT2D eigenvalue weighted by atomic mass is 10.0. The molecule has 0 saturated heterocycles. The summed E-state index contributed by atoms with van der Waals surface area (Å²) in [5.74, 6) is -0.659. The third kappa shape index (κ3) is 11.5. The molecule has 0 aliphatic carbocycles. The summed E-state index contributed by atoms with van der Waals surface area (Å²) < 4.78 is 0. The van der Waals surface area contributed by atoms with Gasteiger partial charge in [-0.25, -0.2) is 0 Å². The van der Waals surface area contributed by atoms with Gasteiger partial charge in [-0.05, 0) is 6.42 Å². The van der Waals surface area contributed by atoms with Crippen LogP contribution in [0.2, 0.25) is 0 Å². The molecule has 0 unspecified atom stereocenters. The van der Waals surface area contributed by atoms with E-state index in [0.717, 1.165) is 12.8 Å². The van der Waals surface area contributed by atoms with E-state index in [-0.39, 0.29) is 0 Å². The molecule has 0 spiro atoms. The second-order valence-electron chi connectivity index (χ2n) is 3.97. The maximum atomic E-state index is 10.2.